The van der Waals surface area contributed by atoms with Crippen molar-refractivity contribution in [3.05, 3.63) is 16.6 Å². The Morgan fingerprint density at radius 2 is 2.00 bits per heavy atom. The average Bonchev–Trinajstić information content (AvgIpc) is 2.79. The standard InChI is InChI=1S/C14H17F2N5O/c1-20-11-10(7-17-20)12(22)19-13(18-11)21-8-3-2-4-9(21)6-14(15,16)5-8/h7-9H,2-6H2,1H3,(H,18,19,22)/t8-,9-/m0/s1. The van der Waals surface area contributed by atoms with Gasteiger partial charge in [0.1, 0.15) is 5.39 Å². The van der Waals surface area contributed by atoms with E-state index >= 15 is 0 Å². The number of hydrogen-bond acceptors (Lipinski definition) is 4. The summed E-state index contributed by atoms with van der Waals surface area (Å²) in [6, 6.07) is -0.535. The van der Waals surface area contributed by atoms with E-state index in [4.69, 9.17) is 0 Å². The van der Waals surface area contributed by atoms with Crippen LogP contribution in [-0.2, 0) is 7.05 Å². The largest absolute Gasteiger partial charge is 0.336 e. The molecule has 2 aliphatic rings. The van der Waals surface area contributed by atoms with E-state index in [1.165, 1.54) is 10.9 Å². The fraction of sp³-hybridized carbons (Fsp3) is 0.643. The molecule has 0 spiro atoms. The minimum Gasteiger partial charge on any atom is -0.336 e. The second-order valence-corrected chi connectivity index (χ2v) is 6.31. The molecule has 6 nitrogen and oxygen atoms in total. The first-order valence-electron chi connectivity index (χ1n) is 7.53. The molecule has 118 valence electrons. The Balaban J connectivity index is 1.81. The summed E-state index contributed by atoms with van der Waals surface area (Å²) in [5, 5.41) is 4.45. The van der Waals surface area contributed by atoms with E-state index < -0.39 is 5.92 Å². The minimum atomic E-state index is -2.62. The van der Waals surface area contributed by atoms with E-state index in [1.807, 2.05) is 4.90 Å². The number of piperidine rings is 2. The van der Waals surface area contributed by atoms with Crippen molar-refractivity contribution in [2.24, 2.45) is 7.05 Å². The zero-order valence-corrected chi connectivity index (χ0v) is 12.2. The van der Waals surface area contributed by atoms with Gasteiger partial charge in [0, 0.05) is 32.0 Å². The van der Waals surface area contributed by atoms with Crippen LogP contribution in [0.5, 0.6) is 0 Å². The third-order valence-electron chi connectivity index (χ3n) is 4.76. The second-order valence-electron chi connectivity index (χ2n) is 6.31. The molecular formula is C14H17F2N5O. The molecule has 0 unspecified atom stereocenters. The second kappa shape index (κ2) is 4.50. The van der Waals surface area contributed by atoms with Crippen LogP contribution >= 0.6 is 0 Å². The number of aromatic amines is 1. The number of H-pyrrole nitrogens is 1. The van der Waals surface area contributed by atoms with Gasteiger partial charge in [-0.3, -0.25) is 14.5 Å². The molecular weight excluding hydrogens is 292 g/mol. The van der Waals surface area contributed by atoms with Crippen molar-refractivity contribution in [1.29, 1.82) is 0 Å². The van der Waals surface area contributed by atoms with Gasteiger partial charge in [-0.25, -0.2) is 8.78 Å². The maximum atomic E-state index is 13.8. The Morgan fingerprint density at radius 3 is 2.68 bits per heavy atom. The normalized spacial score (nSPS) is 27.3. The number of aryl methyl sites for hydroxylation is 1. The lowest BCUT2D eigenvalue weighted by Crippen LogP contribution is -2.56. The zero-order valence-electron chi connectivity index (χ0n) is 12.2. The predicted octanol–water partition coefficient (Wildman–Crippen LogP) is 1.81. The molecule has 22 heavy (non-hydrogen) atoms. The lowest BCUT2D eigenvalue weighted by Gasteiger charge is -2.48. The first-order chi connectivity index (χ1) is 10.4. The molecule has 0 radical (unpaired) electrons. The van der Waals surface area contributed by atoms with E-state index in [9.17, 15) is 13.6 Å². The Labute approximate surface area is 125 Å². The molecule has 1 N–H and O–H groups in total. The third-order valence-corrected chi connectivity index (χ3v) is 4.76. The molecule has 2 saturated heterocycles. The average molecular weight is 309 g/mol. The first-order valence-corrected chi connectivity index (χ1v) is 7.53. The smallest absolute Gasteiger partial charge is 0.263 e. The van der Waals surface area contributed by atoms with E-state index in [0.29, 0.717) is 29.8 Å². The third kappa shape index (κ3) is 2.00. The lowest BCUT2D eigenvalue weighted by molar-refractivity contribution is -0.0545. The summed E-state index contributed by atoms with van der Waals surface area (Å²) >= 11 is 0. The van der Waals surface area contributed by atoms with Crippen LogP contribution in [0.2, 0.25) is 0 Å². The zero-order chi connectivity index (χ0) is 15.5. The van der Waals surface area contributed by atoms with Gasteiger partial charge in [-0.05, 0) is 19.3 Å². The Hall–Kier alpha value is -1.99. The number of anilines is 1. The molecule has 0 amide bonds. The quantitative estimate of drug-likeness (QED) is 0.872. The van der Waals surface area contributed by atoms with Crippen molar-refractivity contribution in [2.75, 3.05) is 4.90 Å². The van der Waals surface area contributed by atoms with Gasteiger partial charge in [0.2, 0.25) is 5.95 Å². The highest BCUT2D eigenvalue weighted by Crippen LogP contribution is 2.43. The summed E-state index contributed by atoms with van der Waals surface area (Å²) in [5.41, 5.74) is 0.206. The summed E-state index contributed by atoms with van der Waals surface area (Å²) in [7, 11) is 1.71. The van der Waals surface area contributed by atoms with Gasteiger partial charge in [0.25, 0.3) is 11.5 Å². The van der Waals surface area contributed by atoms with Gasteiger partial charge in [0.15, 0.2) is 5.65 Å². The Kier molecular flexibility index (Phi) is 2.79. The summed E-state index contributed by atoms with van der Waals surface area (Å²) in [4.78, 5) is 21.3. The van der Waals surface area contributed by atoms with Crippen molar-refractivity contribution in [2.45, 2.75) is 50.1 Å². The van der Waals surface area contributed by atoms with E-state index in [2.05, 4.69) is 15.1 Å². The van der Waals surface area contributed by atoms with E-state index in [-0.39, 0.29) is 30.5 Å². The summed E-state index contributed by atoms with van der Waals surface area (Å²) < 4.78 is 29.2. The van der Waals surface area contributed by atoms with Crippen LogP contribution in [0, 0.1) is 0 Å². The number of aromatic nitrogens is 4. The van der Waals surface area contributed by atoms with Crippen LogP contribution in [-0.4, -0.2) is 37.8 Å². The van der Waals surface area contributed by atoms with Crippen LogP contribution in [0.15, 0.2) is 11.0 Å². The van der Waals surface area contributed by atoms with Crippen molar-refractivity contribution in [3.8, 4) is 0 Å². The Morgan fingerprint density at radius 1 is 1.32 bits per heavy atom. The van der Waals surface area contributed by atoms with Crippen LogP contribution < -0.4 is 10.5 Å². The maximum Gasteiger partial charge on any atom is 0.263 e. The minimum absolute atomic E-state index is 0.170. The summed E-state index contributed by atoms with van der Waals surface area (Å²) in [6.07, 6.45) is 3.49. The number of nitrogens with one attached hydrogen (secondary N) is 1. The van der Waals surface area contributed by atoms with Crippen LogP contribution in [0.4, 0.5) is 14.7 Å². The van der Waals surface area contributed by atoms with E-state index in [1.54, 1.807) is 7.05 Å². The number of nitrogens with zero attached hydrogens (tertiary/aromatic N) is 4. The monoisotopic (exact) mass is 309 g/mol. The van der Waals surface area contributed by atoms with Crippen molar-refractivity contribution in [3.63, 3.8) is 0 Å². The number of halogens is 2. The van der Waals surface area contributed by atoms with Gasteiger partial charge in [0.05, 0.1) is 6.20 Å². The summed E-state index contributed by atoms with van der Waals surface area (Å²) in [5.74, 6) is -2.23. The molecule has 2 aliphatic heterocycles. The Bertz CT molecular complexity index is 767. The molecule has 2 fully saturated rings. The molecule has 2 atom stereocenters. The topological polar surface area (TPSA) is 66.8 Å². The highest BCUT2D eigenvalue weighted by Gasteiger charge is 2.48. The number of fused-ring (bicyclic) bond motifs is 3. The van der Waals surface area contributed by atoms with Crippen LogP contribution in [0.1, 0.15) is 32.1 Å². The van der Waals surface area contributed by atoms with Gasteiger partial charge in [-0.2, -0.15) is 10.1 Å². The molecule has 8 heteroatoms. The van der Waals surface area contributed by atoms with Crippen LogP contribution in [0.3, 0.4) is 0 Å². The van der Waals surface area contributed by atoms with Crippen molar-refractivity contribution >= 4 is 17.0 Å². The number of rotatable bonds is 1. The maximum absolute atomic E-state index is 13.8. The first kappa shape index (κ1) is 13.7. The van der Waals surface area contributed by atoms with Crippen molar-refractivity contribution < 1.29 is 8.78 Å². The molecule has 0 aromatic carbocycles. The fourth-order valence-electron chi connectivity index (χ4n) is 3.83. The molecule has 4 heterocycles. The SMILES string of the molecule is Cn1ncc2c(=O)[nH]c(N3[C@H]4CCC[C@H]3CC(F)(F)C4)nc21. The highest BCUT2D eigenvalue weighted by molar-refractivity contribution is 5.74. The molecule has 4 rings (SSSR count). The van der Waals surface area contributed by atoms with Crippen molar-refractivity contribution in [1.82, 2.24) is 19.7 Å². The predicted molar refractivity (Wildman–Crippen MR) is 77.2 cm³/mol. The lowest BCUT2D eigenvalue weighted by atomic mass is 9.82. The van der Waals surface area contributed by atoms with Crippen LogP contribution in [0.25, 0.3) is 11.0 Å². The molecule has 2 aromatic rings. The van der Waals surface area contributed by atoms with Gasteiger partial charge in [-0.15, -0.1) is 0 Å². The number of hydrogen-bond donors (Lipinski definition) is 1. The van der Waals surface area contributed by atoms with Gasteiger partial charge >= 0.3 is 0 Å². The van der Waals surface area contributed by atoms with Gasteiger partial charge < -0.3 is 4.90 Å². The molecule has 0 saturated carbocycles. The molecule has 0 aliphatic carbocycles. The van der Waals surface area contributed by atoms with E-state index in [0.717, 1.165) is 6.42 Å². The number of alkyl halides is 2. The fourth-order valence-corrected chi connectivity index (χ4v) is 3.83. The van der Waals surface area contributed by atoms with Gasteiger partial charge in [-0.1, -0.05) is 0 Å². The molecule has 2 bridgehead atoms. The summed E-state index contributed by atoms with van der Waals surface area (Å²) in [6.45, 7) is 0. The highest BCUT2D eigenvalue weighted by atomic mass is 19.3. The molecule has 2 aromatic heterocycles.